The van der Waals surface area contributed by atoms with E-state index in [-0.39, 0.29) is 34.9 Å². The number of rotatable bonds is 7. The summed E-state index contributed by atoms with van der Waals surface area (Å²) < 4.78 is 32.9. The van der Waals surface area contributed by atoms with Gasteiger partial charge >= 0.3 is 0 Å². The molecule has 1 aliphatic rings. The summed E-state index contributed by atoms with van der Waals surface area (Å²) >= 11 is 5.95. The third kappa shape index (κ3) is 5.32. The molecule has 1 aliphatic heterocycles. The summed E-state index contributed by atoms with van der Waals surface area (Å²) in [6.45, 7) is 1.72. The van der Waals surface area contributed by atoms with E-state index in [1.807, 2.05) is 30.3 Å². The zero-order valence-electron chi connectivity index (χ0n) is 15.4. The average Bonchev–Trinajstić information content (AvgIpc) is 2.72. The fraction of sp³-hybridized carbons (Fsp3) is 0.350. The van der Waals surface area contributed by atoms with Crippen LogP contribution in [0.2, 0.25) is 5.02 Å². The number of morpholine rings is 1. The van der Waals surface area contributed by atoms with E-state index >= 15 is 0 Å². The Bertz CT molecular complexity index is 905. The van der Waals surface area contributed by atoms with E-state index in [1.165, 1.54) is 12.1 Å². The molecule has 2 aromatic rings. The van der Waals surface area contributed by atoms with Crippen molar-refractivity contribution in [2.24, 2.45) is 0 Å². The molecular weight excluding hydrogens is 400 g/mol. The molecule has 0 aliphatic carbocycles. The van der Waals surface area contributed by atoms with E-state index < -0.39 is 10.0 Å². The molecule has 28 heavy (non-hydrogen) atoms. The lowest BCUT2D eigenvalue weighted by atomic mass is 10.1. The maximum atomic E-state index is 12.5. The quantitative estimate of drug-likeness (QED) is 0.696. The Morgan fingerprint density at radius 2 is 1.86 bits per heavy atom. The highest BCUT2D eigenvalue weighted by atomic mass is 35.5. The summed E-state index contributed by atoms with van der Waals surface area (Å²) in [5.41, 5.74) is 1.05. The van der Waals surface area contributed by atoms with E-state index in [4.69, 9.17) is 16.3 Å². The van der Waals surface area contributed by atoms with Gasteiger partial charge in [-0.15, -0.1) is 0 Å². The van der Waals surface area contributed by atoms with Gasteiger partial charge in [0.15, 0.2) is 0 Å². The lowest BCUT2D eigenvalue weighted by molar-refractivity contribution is -0.139. The second-order valence-electron chi connectivity index (χ2n) is 6.54. The highest BCUT2D eigenvalue weighted by Crippen LogP contribution is 2.23. The molecule has 1 saturated heterocycles. The van der Waals surface area contributed by atoms with Crippen molar-refractivity contribution in [3.05, 3.63) is 65.2 Å². The molecule has 0 aromatic heterocycles. The lowest BCUT2D eigenvalue weighted by Gasteiger charge is -2.33. The summed E-state index contributed by atoms with van der Waals surface area (Å²) in [6, 6.07) is 16.1. The summed E-state index contributed by atoms with van der Waals surface area (Å²) in [7, 11) is -3.69. The van der Waals surface area contributed by atoms with Crippen molar-refractivity contribution in [2.45, 2.75) is 23.8 Å². The molecular formula is C20H23ClN2O4S. The van der Waals surface area contributed by atoms with Gasteiger partial charge in [-0.25, -0.2) is 13.1 Å². The largest absolute Gasteiger partial charge is 0.370 e. The number of ether oxygens (including phenoxy) is 1. The van der Waals surface area contributed by atoms with Gasteiger partial charge in [0.1, 0.15) is 11.0 Å². The van der Waals surface area contributed by atoms with E-state index in [2.05, 4.69) is 4.72 Å². The Kier molecular flexibility index (Phi) is 7.07. The van der Waals surface area contributed by atoms with Crippen LogP contribution in [0.3, 0.4) is 0 Å². The molecule has 0 bridgehead atoms. The minimum absolute atomic E-state index is 0.00109. The Balaban J connectivity index is 1.47. The predicted molar refractivity (Wildman–Crippen MR) is 108 cm³/mol. The van der Waals surface area contributed by atoms with Crippen LogP contribution < -0.4 is 4.72 Å². The number of hydrogen-bond acceptors (Lipinski definition) is 4. The zero-order valence-corrected chi connectivity index (χ0v) is 17.0. The summed E-state index contributed by atoms with van der Waals surface area (Å²) in [5.74, 6) is 0.00109. The first-order valence-electron chi connectivity index (χ1n) is 9.16. The summed E-state index contributed by atoms with van der Waals surface area (Å²) in [6.07, 6.45) is 0.556. The smallest absolute Gasteiger partial charge is 0.242 e. The summed E-state index contributed by atoms with van der Waals surface area (Å²) in [5, 5.41) is 0.173. The number of nitrogens with zero attached hydrogens (tertiary/aromatic N) is 1. The van der Waals surface area contributed by atoms with Crippen molar-refractivity contribution in [2.75, 3.05) is 26.2 Å². The van der Waals surface area contributed by atoms with Gasteiger partial charge in [-0.2, -0.15) is 0 Å². The van der Waals surface area contributed by atoms with E-state index in [0.717, 1.165) is 5.56 Å². The molecule has 1 unspecified atom stereocenters. The van der Waals surface area contributed by atoms with Crippen LogP contribution in [0.15, 0.2) is 59.5 Å². The van der Waals surface area contributed by atoms with Crippen molar-refractivity contribution >= 4 is 27.5 Å². The second-order valence-corrected chi connectivity index (χ2v) is 8.68. The van der Waals surface area contributed by atoms with E-state index in [9.17, 15) is 13.2 Å². The monoisotopic (exact) mass is 422 g/mol. The summed E-state index contributed by atoms with van der Waals surface area (Å²) in [4.78, 5) is 14.3. The number of halogens is 1. The second kappa shape index (κ2) is 9.52. The Morgan fingerprint density at radius 1 is 1.14 bits per heavy atom. The van der Waals surface area contributed by atoms with Crippen LogP contribution >= 0.6 is 11.6 Å². The van der Waals surface area contributed by atoms with E-state index in [0.29, 0.717) is 26.1 Å². The number of nitrogens with one attached hydrogen (secondary N) is 1. The Labute approximate surface area is 170 Å². The van der Waals surface area contributed by atoms with Gasteiger partial charge in [0, 0.05) is 19.5 Å². The van der Waals surface area contributed by atoms with Crippen molar-refractivity contribution in [1.29, 1.82) is 0 Å². The van der Waals surface area contributed by atoms with Gasteiger partial charge in [-0.3, -0.25) is 4.79 Å². The molecule has 1 fully saturated rings. The average molecular weight is 423 g/mol. The maximum absolute atomic E-state index is 12.5. The Hall–Kier alpha value is -1.93. The number of carbonyl (C=O) groups excluding carboxylic acids is 1. The molecule has 3 rings (SSSR count). The van der Waals surface area contributed by atoms with E-state index in [1.54, 1.807) is 17.0 Å². The molecule has 6 nitrogen and oxygen atoms in total. The number of benzene rings is 2. The SMILES string of the molecule is O=C(CCCNS(=O)(=O)c1ccccc1Cl)N1CCOC(c2ccccc2)C1. The van der Waals surface area contributed by atoms with Crippen LogP contribution in [0.1, 0.15) is 24.5 Å². The molecule has 1 heterocycles. The van der Waals surface area contributed by atoms with Crippen LogP contribution in [0.4, 0.5) is 0 Å². The predicted octanol–water partition coefficient (Wildman–Crippen LogP) is 3.00. The normalized spacial score (nSPS) is 17.5. The molecule has 1 amide bonds. The molecule has 1 N–H and O–H groups in total. The minimum atomic E-state index is -3.69. The van der Waals surface area contributed by atoms with Gasteiger partial charge in [0.2, 0.25) is 15.9 Å². The Morgan fingerprint density at radius 3 is 2.61 bits per heavy atom. The number of sulfonamides is 1. The standard InChI is InChI=1S/C20H23ClN2O4S/c21-17-9-4-5-10-19(17)28(25,26)22-12-6-11-20(24)23-13-14-27-18(15-23)16-7-2-1-3-8-16/h1-5,7-10,18,22H,6,11-15H2. The fourth-order valence-electron chi connectivity index (χ4n) is 3.09. The molecule has 150 valence electrons. The highest BCUT2D eigenvalue weighted by molar-refractivity contribution is 7.89. The van der Waals surface area contributed by atoms with Crippen molar-refractivity contribution in [3.63, 3.8) is 0 Å². The number of amides is 1. The lowest BCUT2D eigenvalue weighted by Crippen LogP contribution is -2.42. The van der Waals surface area contributed by atoms with Crippen molar-refractivity contribution in [1.82, 2.24) is 9.62 Å². The molecule has 1 atom stereocenters. The fourth-order valence-corrected chi connectivity index (χ4v) is 4.68. The van der Waals surface area contributed by atoms with Crippen LogP contribution in [0.5, 0.6) is 0 Å². The first-order valence-corrected chi connectivity index (χ1v) is 11.0. The van der Waals surface area contributed by atoms with Gasteiger partial charge in [0.25, 0.3) is 0 Å². The number of hydrogen-bond donors (Lipinski definition) is 1. The minimum Gasteiger partial charge on any atom is -0.370 e. The first kappa shape index (κ1) is 20.8. The van der Waals surface area contributed by atoms with Gasteiger partial charge < -0.3 is 9.64 Å². The topological polar surface area (TPSA) is 75.7 Å². The van der Waals surface area contributed by atoms with Gasteiger partial charge in [-0.05, 0) is 24.1 Å². The zero-order chi connectivity index (χ0) is 20.0. The van der Waals surface area contributed by atoms with Crippen LogP contribution in [0, 0.1) is 0 Å². The molecule has 2 aromatic carbocycles. The van der Waals surface area contributed by atoms with Crippen LogP contribution in [-0.2, 0) is 19.6 Å². The van der Waals surface area contributed by atoms with Crippen LogP contribution in [0.25, 0.3) is 0 Å². The molecule has 0 radical (unpaired) electrons. The highest BCUT2D eigenvalue weighted by Gasteiger charge is 2.25. The first-order chi connectivity index (χ1) is 13.5. The third-order valence-corrected chi connectivity index (χ3v) is 6.54. The molecule has 0 spiro atoms. The molecule has 0 saturated carbocycles. The number of carbonyl (C=O) groups is 1. The molecule has 8 heteroatoms. The van der Waals surface area contributed by atoms with Crippen molar-refractivity contribution in [3.8, 4) is 0 Å². The van der Waals surface area contributed by atoms with Crippen molar-refractivity contribution < 1.29 is 17.9 Å². The van der Waals surface area contributed by atoms with Gasteiger partial charge in [-0.1, -0.05) is 54.1 Å². The van der Waals surface area contributed by atoms with Crippen LogP contribution in [-0.4, -0.2) is 45.5 Å². The third-order valence-electron chi connectivity index (χ3n) is 4.58. The maximum Gasteiger partial charge on any atom is 0.242 e. The van der Waals surface area contributed by atoms with Gasteiger partial charge in [0.05, 0.1) is 18.2 Å².